The van der Waals surface area contributed by atoms with Crippen LogP contribution in [0.15, 0.2) is 80.8 Å². The third kappa shape index (κ3) is 4.05. The highest BCUT2D eigenvalue weighted by Crippen LogP contribution is 2.24. The van der Waals surface area contributed by atoms with Gasteiger partial charge in [-0.25, -0.2) is 19.7 Å². The summed E-state index contributed by atoms with van der Waals surface area (Å²) in [7, 11) is 0. The Hall–Kier alpha value is -3.06. The Kier molecular flexibility index (Phi) is 5.40. The Balaban J connectivity index is 1.70. The van der Waals surface area contributed by atoms with Gasteiger partial charge in [0.2, 0.25) is 0 Å². The predicted octanol–water partition coefficient (Wildman–Crippen LogP) is 4.54. The number of amidine groups is 1. The molecule has 4 heterocycles. The summed E-state index contributed by atoms with van der Waals surface area (Å²) in [6.07, 6.45) is 13.7. The van der Waals surface area contributed by atoms with Gasteiger partial charge in [-0.05, 0) is 59.5 Å². The van der Waals surface area contributed by atoms with Crippen molar-refractivity contribution < 1.29 is 0 Å². The Labute approximate surface area is 178 Å². The van der Waals surface area contributed by atoms with Crippen molar-refractivity contribution in [3.63, 3.8) is 0 Å². The van der Waals surface area contributed by atoms with Crippen molar-refractivity contribution in [2.45, 2.75) is 26.2 Å². The van der Waals surface area contributed by atoms with Crippen LogP contribution in [0, 0.1) is 0 Å². The Bertz CT molecular complexity index is 1130. The van der Waals surface area contributed by atoms with Gasteiger partial charge in [0, 0.05) is 47.1 Å². The Morgan fingerprint density at radius 1 is 1.34 bits per heavy atom. The average molecular weight is 449 g/mol. The summed E-state index contributed by atoms with van der Waals surface area (Å²) >= 11 is 3.57. The second-order valence-electron chi connectivity index (χ2n) is 6.88. The number of hydrogen-bond donors (Lipinski definition) is 1. The first-order chi connectivity index (χ1) is 14.0. The summed E-state index contributed by atoms with van der Waals surface area (Å²) in [5.74, 6) is 1.46. The molecule has 6 nitrogen and oxygen atoms in total. The lowest BCUT2D eigenvalue weighted by atomic mass is 10.0. The normalized spacial score (nSPS) is 16.4. The second-order valence-corrected chi connectivity index (χ2v) is 7.74. The minimum atomic E-state index is 0.573. The van der Waals surface area contributed by atoms with Crippen LogP contribution in [0.2, 0.25) is 0 Å². The molecule has 29 heavy (non-hydrogen) atoms. The van der Waals surface area contributed by atoms with E-state index in [-0.39, 0.29) is 0 Å². The smallest absolute Gasteiger partial charge is 0.167 e. The monoisotopic (exact) mass is 448 g/mol. The molecular weight excluding hydrogens is 428 g/mol. The Morgan fingerprint density at radius 3 is 3.00 bits per heavy atom. The molecule has 0 saturated carbocycles. The molecule has 0 radical (unpaired) electrons. The first-order valence-electron chi connectivity index (χ1n) is 9.36. The van der Waals surface area contributed by atoms with Crippen LogP contribution >= 0.6 is 15.9 Å². The lowest BCUT2D eigenvalue weighted by molar-refractivity contribution is 0.830. The molecule has 2 N–H and O–H groups in total. The molecule has 0 fully saturated rings. The van der Waals surface area contributed by atoms with E-state index in [4.69, 9.17) is 15.7 Å². The number of fused-ring (bicyclic) bond motifs is 1. The molecule has 0 bridgehead atoms. The molecule has 4 rings (SSSR count). The summed E-state index contributed by atoms with van der Waals surface area (Å²) in [6, 6.07) is 3.96. The second kappa shape index (κ2) is 8.13. The van der Waals surface area contributed by atoms with Gasteiger partial charge in [0.05, 0.1) is 10.7 Å². The van der Waals surface area contributed by atoms with Crippen LogP contribution in [-0.4, -0.2) is 26.3 Å². The molecule has 0 atom stereocenters. The predicted molar refractivity (Wildman–Crippen MR) is 121 cm³/mol. The molecule has 0 aromatic carbocycles. The largest absolute Gasteiger partial charge is 0.398 e. The maximum absolute atomic E-state index is 6.46. The molecule has 7 heteroatoms. The molecule has 2 aliphatic heterocycles. The van der Waals surface area contributed by atoms with E-state index in [2.05, 4.69) is 38.7 Å². The van der Waals surface area contributed by atoms with Crippen molar-refractivity contribution in [1.82, 2.24) is 14.8 Å². The van der Waals surface area contributed by atoms with E-state index in [1.165, 1.54) is 0 Å². The molecule has 2 aromatic rings. The highest BCUT2D eigenvalue weighted by molar-refractivity contribution is 9.10. The molecule has 0 amide bonds. The fourth-order valence-electron chi connectivity index (χ4n) is 3.28. The number of halogens is 1. The van der Waals surface area contributed by atoms with E-state index in [0.29, 0.717) is 12.1 Å². The number of nitrogens with two attached hydrogens (primary N) is 1. The molecule has 0 aliphatic carbocycles. The van der Waals surface area contributed by atoms with Crippen molar-refractivity contribution in [2.75, 3.05) is 0 Å². The standard InChI is InChI=1S/C22H21BrN6/c1-3-15-12-26-29(13-15)22-19(23)8-7-17(28-22)11-18-14(2)27-21-16(10-20(18)24)6-4-5-9-25-21/h3,5,7-10,12-13H,1,4,6,11,24H2,2H3. The van der Waals surface area contributed by atoms with Crippen LogP contribution in [-0.2, 0) is 6.42 Å². The number of aliphatic imine (C=N–C) groups is 2. The number of nitrogens with zero attached hydrogens (tertiary/aromatic N) is 5. The number of allylic oxidation sites excluding steroid dienone is 3. The van der Waals surface area contributed by atoms with E-state index >= 15 is 0 Å². The van der Waals surface area contributed by atoms with Crippen LogP contribution < -0.4 is 5.73 Å². The van der Waals surface area contributed by atoms with E-state index in [9.17, 15) is 0 Å². The lowest BCUT2D eigenvalue weighted by Gasteiger charge is -2.11. The molecule has 0 saturated heterocycles. The Morgan fingerprint density at radius 2 is 2.21 bits per heavy atom. The molecule has 146 valence electrons. The number of aromatic nitrogens is 3. The molecular formula is C22H21BrN6. The summed E-state index contributed by atoms with van der Waals surface area (Å²) in [6.45, 7) is 5.75. The maximum Gasteiger partial charge on any atom is 0.167 e. The van der Waals surface area contributed by atoms with Gasteiger partial charge in [0.15, 0.2) is 11.7 Å². The van der Waals surface area contributed by atoms with Crippen molar-refractivity contribution in [1.29, 1.82) is 0 Å². The van der Waals surface area contributed by atoms with Gasteiger partial charge in [0.1, 0.15) is 0 Å². The van der Waals surface area contributed by atoms with Crippen molar-refractivity contribution in [3.05, 3.63) is 82.0 Å². The van der Waals surface area contributed by atoms with Crippen LogP contribution in [0.1, 0.15) is 31.0 Å². The van der Waals surface area contributed by atoms with Crippen molar-refractivity contribution in [2.24, 2.45) is 15.7 Å². The molecule has 2 aliphatic rings. The third-order valence-corrected chi connectivity index (χ3v) is 5.48. The number of pyridine rings is 1. The fraction of sp³-hybridized carbons (Fsp3) is 0.182. The van der Waals surface area contributed by atoms with Crippen LogP contribution in [0.3, 0.4) is 0 Å². The SMILES string of the molecule is C=Cc1cnn(-c2nc(CC3=C(N)C=C4CCC=CN=C4N=C3C)ccc2Br)c1. The molecule has 2 aromatic heterocycles. The minimum absolute atomic E-state index is 0.573. The topological polar surface area (TPSA) is 81.5 Å². The average Bonchev–Trinajstić information content (AvgIpc) is 3.05. The van der Waals surface area contributed by atoms with Crippen LogP contribution in [0.4, 0.5) is 0 Å². The van der Waals surface area contributed by atoms with Crippen molar-refractivity contribution in [3.8, 4) is 5.82 Å². The summed E-state index contributed by atoms with van der Waals surface area (Å²) in [5, 5.41) is 4.37. The van der Waals surface area contributed by atoms with E-state index in [0.717, 1.165) is 57.1 Å². The van der Waals surface area contributed by atoms with Gasteiger partial charge >= 0.3 is 0 Å². The van der Waals surface area contributed by atoms with Gasteiger partial charge in [-0.3, -0.25) is 0 Å². The van der Waals surface area contributed by atoms with Gasteiger partial charge in [0.25, 0.3) is 0 Å². The lowest BCUT2D eigenvalue weighted by Crippen LogP contribution is -2.11. The molecule has 0 unspecified atom stereocenters. The zero-order valence-electron chi connectivity index (χ0n) is 16.1. The first-order valence-corrected chi connectivity index (χ1v) is 10.2. The zero-order valence-corrected chi connectivity index (χ0v) is 17.7. The third-order valence-electron chi connectivity index (χ3n) is 4.86. The van der Waals surface area contributed by atoms with Gasteiger partial charge in [-0.2, -0.15) is 5.10 Å². The van der Waals surface area contributed by atoms with Crippen molar-refractivity contribution >= 4 is 33.6 Å². The van der Waals surface area contributed by atoms with Crippen LogP contribution in [0.25, 0.3) is 11.9 Å². The highest BCUT2D eigenvalue weighted by atomic mass is 79.9. The van der Waals surface area contributed by atoms with E-state index in [1.54, 1.807) is 17.0 Å². The summed E-state index contributed by atoms with van der Waals surface area (Å²) < 4.78 is 2.59. The number of hydrogen-bond acceptors (Lipinski definition) is 5. The minimum Gasteiger partial charge on any atom is -0.398 e. The van der Waals surface area contributed by atoms with Gasteiger partial charge in [-0.1, -0.05) is 18.7 Å². The number of rotatable bonds is 4. The summed E-state index contributed by atoms with van der Waals surface area (Å²) in [4.78, 5) is 14.0. The first kappa shape index (κ1) is 19.3. The van der Waals surface area contributed by atoms with Gasteiger partial charge < -0.3 is 5.73 Å². The zero-order chi connectivity index (χ0) is 20.4. The summed E-state index contributed by atoms with van der Waals surface area (Å²) in [5.41, 5.74) is 11.9. The maximum atomic E-state index is 6.46. The van der Waals surface area contributed by atoms with E-state index in [1.807, 2.05) is 37.5 Å². The quantitative estimate of drug-likeness (QED) is 0.745. The van der Waals surface area contributed by atoms with Gasteiger partial charge in [-0.15, -0.1) is 0 Å². The van der Waals surface area contributed by atoms with E-state index < -0.39 is 0 Å². The van der Waals surface area contributed by atoms with Crippen LogP contribution in [0.5, 0.6) is 0 Å². The highest BCUT2D eigenvalue weighted by Gasteiger charge is 2.18. The molecule has 0 spiro atoms. The fourth-order valence-corrected chi connectivity index (χ4v) is 3.68.